The van der Waals surface area contributed by atoms with Gasteiger partial charge in [0.2, 0.25) is 5.88 Å². The highest BCUT2D eigenvalue weighted by Crippen LogP contribution is 2.21. The fraction of sp³-hybridized carbons (Fsp3) is 0.115. The van der Waals surface area contributed by atoms with Crippen molar-refractivity contribution < 1.29 is 9.53 Å². The molecule has 1 atom stereocenters. The number of benzene rings is 3. The number of hydrogen-bond acceptors (Lipinski definition) is 4. The lowest BCUT2D eigenvalue weighted by Crippen LogP contribution is -2.35. The van der Waals surface area contributed by atoms with E-state index in [0.717, 1.165) is 16.3 Å². The molecule has 0 bridgehead atoms. The minimum absolute atomic E-state index is 0.105. The van der Waals surface area contributed by atoms with Crippen molar-refractivity contribution in [1.82, 2.24) is 15.5 Å². The van der Waals surface area contributed by atoms with Crippen molar-refractivity contribution in [2.45, 2.75) is 12.5 Å². The van der Waals surface area contributed by atoms with E-state index in [1.807, 2.05) is 72.8 Å². The third-order valence-corrected chi connectivity index (χ3v) is 4.87. The SMILES string of the molecule is O=C(N[C@H](/C=C/COc1nncc2ccccc12)Cc1ccccc1)c1ccccc1. The van der Waals surface area contributed by atoms with E-state index < -0.39 is 0 Å². The fourth-order valence-electron chi connectivity index (χ4n) is 3.33. The molecule has 0 aliphatic carbocycles. The molecule has 0 radical (unpaired) electrons. The van der Waals surface area contributed by atoms with Gasteiger partial charge in [-0.05, 0) is 36.3 Å². The van der Waals surface area contributed by atoms with Crippen LogP contribution < -0.4 is 10.1 Å². The summed E-state index contributed by atoms with van der Waals surface area (Å²) in [6.07, 6.45) is 6.27. The van der Waals surface area contributed by atoms with Crippen LogP contribution in [0.25, 0.3) is 10.8 Å². The minimum Gasteiger partial charge on any atom is -0.472 e. The zero-order valence-corrected chi connectivity index (χ0v) is 17.0. The number of amides is 1. The molecule has 31 heavy (non-hydrogen) atoms. The van der Waals surface area contributed by atoms with Crippen molar-refractivity contribution >= 4 is 16.7 Å². The maximum atomic E-state index is 12.7. The summed E-state index contributed by atoms with van der Waals surface area (Å²) in [6.45, 7) is 0.329. The molecule has 4 rings (SSSR count). The van der Waals surface area contributed by atoms with E-state index in [2.05, 4.69) is 27.6 Å². The second-order valence-electron chi connectivity index (χ2n) is 7.11. The van der Waals surface area contributed by atoms with Crippen molar-refractivity contribution in [3.63, 3.8) is 0 Å². The lowest BCUT2D eigenvalue weighted by molar-refractivity contribution is 0.0944. The van der Waals surface area contributed by atoms with Crippen molar-refractivity contribution in [2.24, 2.45) is 0 Å². The first kappa shape index (κ1) is 20.3. The van der Waals surface area contributed by atoms with Crippen LogP contribution in [-0.4, -0.2) is 28.8 Å². The summed E-state index contributed by atoms with van der Waals surface area (Å²) < 4.78 is 5.84. The van der Waals surface area contributed by atoms with Gasteiger partial charge in [-0.25, -0.2) is 0 Å². The predicted octanol–water partition coefficient (Wildman–Crippen LogP) is 4.61. The first-order chi connectivity index (χ1) is 15.3. The Hall–Kier alpha value is -3.99. The molecule has 5 heteroatoms. The lowest BCUT2D eigenvalue weighted by atomic mass is 10.0. The smallest absolute Gasteiger partial charge is 0.251 e. The Morgan fingerprint density at radius 3 is 2.45 bits per heavy atom. The number of rotatable bonds is 8. The number of ether oxygens (including phenoxy) is 1. The summed E-state index contributed by atoms with van der Waals surface area (Å²) in [7, 11) is 0. The van der Waals surface area contributed by atoms with Crippen molar-refractivity contribution in [1.29, 1.82) is 0 Å². The van der Waals surface area contributed by atoms with E-state index in [9.17, 15) is 4.79 Å². The summed E-state index contributed by atoms with van der Waals surface area (Å²) in [4.78, 5) is 12.7. The first-order valence-corrected chi connectivity index (χ1v) is 10.2. The van der Waals surface area contributed by atoms with Crippen molar-refractivity contribution in [3.05, 3.63) is 114 Å². The van der Waals surface area contributed by atoms with Crippen LogP contribution in [0, 0.1) is 0 Å². The van der Waals surface area contributed by atoms with E-state index in [-0.39, 0.29) is 11.9 Å². The summed E-state index contributed by atoms with van der Waals surface area (Å²) in [6, 6.07) is 27.0. The van der Waals surface area contributed by atoms with Crippen molar-refractivity contribution in [3.8, 4) is 5.88 Å². The third-order valence-electron chi connectivity index (χ3n) is 4.87. The maximum Gasteiger partial charge on any atom is 0.251 e. The molecule has 0 fully saturated rings. The molecule has 1 N–H and O–H groups in total. The van der Waals surface area contributed by atoms with Crippen LogP contribution in [0.4, 0.5) is 0 Å². The van der Waals surface area contributed by atoms with E-state index in [0.29, 0.717) is 24.5 Å². The van der Waals surface area contributed by atoms with Gasteiger partial charge in [0.1, 0.15) is 6.61 Å². The van der Waals surface area contributed by atoms with Gasteiger partial charge in [0.05, 0.1) is 12.2 Å². The molecular weight excluding hydrogens is 386 g/mol. The van der Waals surface area contributed by atoms with Crippen LogP contribution in [0.1, 0.15) is 15.9 Å². The summed E-state index contributed by atoms with van der Waals surface area (Å²) in [5, 5.41) is 13.1. The van der Waals surface area contributed by atoms with E-state index in [1.54, 1.807) is 18.3 Å². The highest BCUT2D eigenvalue weighted by atomic mass is 16.5. The van der Waals surface area contributed by atoms with Crippen LogP contribution in [0.15, 0.2) is 103 Å². The largest absolute Gasteiger partial charge is 0.472 e. The third kappa shape index (κ3) is 5.54. The van der Waals surface area contributed by atoms with Crippen LogP contribution in [0.5, 0.6) is 5.88 Å². The van der Waals surface area contributed by atoms with E-state index >= 15 is 0 Å². The van der Waals surface area contributed by atoms with Gasteiger partial charge in [-0.2, -0.15) is 5.10 Å². The maximum absolute atomic E-state index is 12.7. The summed E-state index contributed by atoms with van der Waals surface area (Å²) >= 11 is 0. The molecule has 0 saturated heterocycles. The number of carbonyl (C=O) groups is 1. The predicted molar refractivity (Wildman–Crippen MR) is 122 cm³/mol. The van der Waals surface area contributed by atoms with E-state index in [1.165, 1.54) is 0 Å². The molecule has 3 aromatic carbocycles. The Kier molecular flexibility index (Phi) is 6.65. The lowest BCUT2D eigenvalue weighted by Gasteiger charge is -2.16. The molecule has 154 valence electrons. The number of nitrogens with one attached hydrogen (secondary N) is 1. The molecule has 0 aliphatic rings. The summed E-state index contributed by atoms with van der Waals surface area (Å²) in [5.41, 5.74) is 1.78. The van der Waals surface area contributed by atoms with Gasteiger partial charge >= 0.3 is 0 Å². The Labute approximate surface area is 181 Å². The van der Waals surface area contributed by atoms with Gasteiger partial charge in [0.15, 0.2) is 0 Å². The topological polar surface area (TPSA) is 64.1 Å². The Morgan fingerprint density at radius 1 is 0.935 bits per heavy atom. The molecule has 1 aromatic heterocycles. The Balaban J connectivity index is 1.44. The molecular formula is C26H23N3O2. The van der Waals surface area contributed by atoms with E-state index in [4.69, 9.17) is 4.74 Å². The number of fused-ring (bicyclic) bond motifs is 1. The second-order valence-corrected chi connectivity index (χ2v) is 7.11. The van der Waals surface area contributed by atoms with Crippen LogP contribution in [0.3, 0.4) is 0 Å². The molecule has 1 amide bonds. The molecule has 5 nitrogen and oxygen atoms in total. The standard InChI is InChI=1S/C26H23N3O2/c30-25(21-12-5-2-6-13-21)28-23(18-20-10-3-1-4-11-20)15-9-17-31-26-24-16-8-7-14-22(24)19-27-29-26/h1-16,19,23H,17-18H2,(H,28,30)/b15-9+/t23-/m1/s1. The molecule has 0 aliphatic heterocycles. The highest BCUT2D eigenvalue weighted by molar-refractivity contribution is 5.94. The molecule has 1 heterocycles. The summed E-state index contributed by atoms with van der Waals surface area (Å²) in [5.74, 6) is 0.391. The molecule has 0 unspecified atom stereocenters. The second kappa shape index (κ2) is 10.2. The quantitative estimate of drug-likeness (QED) is 0.432. The van der Waals surface area contributed by atoms with Gasteiger partial charge in [0.25, 0.3) is 5.91 Å². The van der Waals surface area contributed by atoms with Gasteiger partial charge in [-0.3, -0.25) is 4.79 Å². The van der Waals surface area contributed by atoms with Gasteiger partial charge in [-0.15, -0.1) is 5.10 Å². The average Bonchev–Trinajstić information content (AvgIpc) is 2.83. The average molecular weight is 409 g/mol. The van der Waals surface area contributed by atoms with Gasteiger partial charge in [0, 0.05) is 16.3 Å². The van der Waals surface area contributed by atoms with Crippen molar-refractivity contribution in [2.75, 3.05) is 6.61 Å². The van der Waals surface area contributed by atoms with Crippen LogP contribution in [0.2, 0.25) is 0 Å². The highest BCUT2D eigenvalue weighted by Gasteiger charge is 2.12. The van der Waals surface area contributed by atoms with Gasteiger partial charge < -0.3 is 10.1 Å². The first-order valence-electron chi connectivity index (χ1n) is 10.2. The minimum atomic E-state index is -0.169. The Bertz CT molecular complexity index is 1160. The number of nitrogens with zero attached hydrogens (tertiary/aromatic N) is 2. The molecule has 0 spiro atoms. The number of carbonyl (C=O) groups excluding carboxylic acids is 1. The monoisotopic (exact) mass is 409 g/mol. The Morgan fingerprint density at radius 2 is 1.65 bits per heavy atom. The molecule has 0 saturated carbocycles. The zero-order chi connectivity index (χ0) is 21.3. The van der Waals surface area contributed by atoms with Crippen LogP contribution in [-0.2, 0) is 6.42 Å². The number of hydrogen-bond donors (Lipinski definition) is 1. The zero-order valence-electron chi connectivity index (χ0n) is 17.0. The number of aromatic nitrogens is 2. The van der Waals surface area contributed by atoms with Crippen LogP contribution >= 0.6 is 0 Å². The molecule has 4 aromatic rings. The normalized spacial score (nSPS) is 12.0. The van der Waals surface area contributed by atoms with Gasteiger partial charge in [-0.1, -0.05) is 72.8 Å². The fourth-order valence-corrected chi connectivity index (χ4v) is 3.33.